The highest BCUT2D eigenvalue weighted by Crippen LogP contribution is 2.27. The Morgan fingerprint density at radius 3 is 1.89 bits per heavy atom. The van der Waals surface area contributed by atoms with Gasteiger partial charge in [-0.3, -0.25) is 14.2 Å². The Balaban J connectivity index is 1.51. The number of hydrogen-bond acceptors (Lipinski definition) is 5. The Morgan fingerprint density at radius 2 is 1.26 bits per heavy atom. The molecule has 11 heteroatoms. The summed E-state index contributed by atoms with van der Waals surface area (Å²) in [5, 5.41) is 2.59. The van der Waals surface area contributed by atoms with Crippen LogP contribution in [0.2, 0.25) is 5.02 Å². The van der Waals surface area contributed by atoms with Gasteiger partial charge in [0.05, 0.1) is 9.92 Å². The summed E-state index contributed by atoms with van der Waals surface area (Å²) >= 11 is 6.18. The van der Waals surface area contributed by atoms with E-state index in [9.17, 15) is 21.6 Å². The number of carbonyl (C=O) groups is 1. The van der Waals surface area contributed by atoms with Crippen molar-refractivity contribution in [1.29, 1.82) is 0 Å². The summed E-state index contributed by atoms with van der Waals surface area (Å²) in [6.45, 7) is 3.70. The SMILES string of the molecule is Cc1cc(C)cc(NS(=O)(=O)c2cc(C(=O)Nc3ccc(S(=O)(=O)Nc4ccccc4)cc3)ccc2Cl)c1. The molecule has 4 aromatic rings. The van der Waals surface area contributed by atoms with E-state index in [1.54, 1.807) is 42.5 Å². The van der Waals surface area contributed by atoms with Gasteiger partial charge in [0.25, 0.3) is 26.0 Å². The first-order chi connectivity index (χ1) is 17.9. The number of sulfonamides is 2. The predicted molar refractivity (Wildman–Crippen MR) is 150 cm³/mol. The van der Waals surface area contributed by atoms with Crippen molar-refractivity contribution in [3.05, 3.63) is 113 Å². The number of hydrogen-bond donors (Lipinski definition) is 3. The van der Waals surface area contributed by atoms with Crippen molar-refractivity contribution >= 4 is 54.6 Å². The molecular weight excluding hydrogens is 546 g/mol. The van der Waals surface area contributed by atoms with Crippen LogP contribution in [0.4, 0.5) is 17.1 Å². The first-order valence-electron chi connectivity index (χ1n) is 11.3. The van der Waals surface area contributed by atoms with E-state index >= 15 is 0 Å². The molecule has 0 bridgehead atoms. The molecule has 0 saturated heterocycles. The van der Waals surface area contributed by atoms with Gasteiger partial charge >= 0.3 is 0 Å². The molecule has 0 saturated carbocycles. The van der Waals surface area contributed by atoms with Gasteiger partial charge in [0.15, 0.2) is 0 Å². The summed E-state index contributed by atoms with van der Waals surface area (Å²) in [4.78, 5) is 12.6. The van der Waals surface area contributed by atoms with Gasteiger partial charge in [-0.15, -0.1) is 0 Å². The van der Waals surface area contributed by atoms with Crippen LogP contribution in [0, 0.1) is 13.8 Å². The van der Waals surface area contributed by atoms with Crippen LogP contribution < -0.4 is 14.8 Å². The number of anilines is 3. The Morgan fingerprint density at radius 1 is 0.658 bits per heavy atom. The summed E-state index contributed by atoms with van der Waals surface area (Å²) < 4.78 is 56.3. The molecule has 0 aliphatic heterocycles. The summed E-state index contributed by atoms with van der Waals surface area (Å²) in [5.41, 5.74) is 2.95. The van der Waals surface area contributed by atoms with Gasteiger partial charge in [0.2, 0.25) is 0 Å². The van der Waals surface area contributed by atoms with E-state index < -0.39 is 26.0 Å². The average Bonchev–Trinajstić information content (AvgIpc) is 2.84. The Labute approximate surface area is 226 Å². The largest absolute Gasteiger partial charge is 0.322 e. The van der Waals surface area contributed by atoms with Crippen LogP contribution in [-0.4, -0.2) is 22.7 Å². The maximum atomic E-state index is 13.1. The first-order valence-corrected chi connectivity index (χ1v) is 14.7. The topological polar surface area (TPSA) is 121 Å². The van der Waals surface area contributed by atoms with Crippen molar-refractivity contribution in [2.24, 2.45) is 0 Å². The van der Waals surface area contributed by atoms with E-state index in [2.05, 4.69) is 14.8 Å². The lowest BCUT2D eigenvalue weighted by Crippen LogP contribution is -2.17. The number of nitrogens with one attached hydrogen (secondary N) is 3. The van der Waals surface area contributed by atoms with Crippen LogP contribution >= 0.6 is 11.6 Å². The highest BCUT2D eigenvalue weighted by Gasteiger charge is 2.21. The maximum Gasteiger partial charge on any atom is 0.263 e. The number of carbonyl (C=O) groups excluding carboxylic acids is 1. The van der Waals surface area contributed by atoms with E-state index in [-0.39, 0.29) is 20.4 Å². The third kappa shape index (κ3) is 6.52. The average molecular weight is 570 g/mol. The van der Waals surface area contributed by atoms with Crippen molar-refractivity contribution in [1.82, 2.24) is 0 Å². The number of halogens is 1. The summed E-state index contributed by atoms with van der Waals surface area (Å²) in [6, 6.07) is 23.2. The molecule has 0 atom stereocenters. The van der Waals surface area contributed by atoms with Gasteiger partial charge in [0.1, 0.15) is 4.90 Å². The smallest absolute Gasteiger partial charge is 0.263 e. The van der Waals surface area contributed by atoms with Gasteiger partial charge in [-0.2, -0.15) is 0 Å². The Hall–Kier alpha value is -3.86. The van der Waals surface area contributed by atoms with Crippen LogP contribution in [0.15, 0.2) is 101 Å². The number of rotatable bonds is 8. The molecule has 0 aliphatic carbocycles. The summed E-state index contributed by atoms with van der Waals surface area (Å²) in [7, 11) is -7.91. The molecule has 1 amide bonds. The first kappa shape index (κ1) is 27.2. The second-order valence-electron chi connectivity index (χ2n) is 8.58. The molecule has 8 nitrogen and oxygen atoms in total. The number of amides is 1. The van der Waals surface area contributed by atoms with Crippen LogP contribution in [0.5, 0.6) is 0 Å². The summed E-state index contributed by atoms with van der Waals surface area (Å²) in [6.07, 6.45) is 0. The van der Waals surface area contributed by atoms with E-state index in [0.29, 0.717) is 17.1 Å². The van der Waals surface area contributed by atoms with Gasteiger partial charge in [-0.05, 0) is 91.7 Å². The fraction of sp³-hybridized carbons (Fsp3) is 0.0741. The minimum absolute atomic E-state index is 0.0108. The van der Waals surface area contributed by atoms with E-state index in [0.717, 1.165) is 11.1 Å². The van der Waals surface area contributed by atoms with Crippen LogP contribution in [0.3, 0.4) is 0 Å². The fourth-order valence-electron chi connectivity index (χ4n) is 3.74. The number of aryl methyl sites for hydroxylation is 2. The van der Waals surface area contributed by atoms with Gasteiger partial charge in [-0.1, -0.05) is 35.9 Å². The molecule has 0 heterocycles. The fourth-order valence-corrected chi connectivity index (χ4v) is 6.36. The minimum Gasteiger partial charge on any atom is -0.322 e. The molecule has 4 rings (SSSR count). The lowest BCUT2D eigenvalue weighted by atomic mass is 10.1. The second kappa shape index (κ2) is 10.9. The molecule has 0 fully saturated rings. The molecular formula is C27H24ClN3O5S2. The Kier molecular flexibility index (Phi) is 7.77. The molecule has 0 spiro atoms. The maximum absolute atomic E-state index is 13.1. The predicted octanol–water partition coefficient (Wildman–Crippen LogP) is 5.81. The molecule has 196 valence electrons. The monoisotopic (exact) mass is 569 g/mol. The van der Waals surface area contributed by atoms with E-state index in [1.165, 1.54) is 42.5 Å². The third-order valence-electron chi connectivity index (χ3n) is 5.41. The van der Waals surface area contributed by atoms with Crippen molar-refractivity contribution in [3.63, 3.8) is 0 Å². The molecule has 0 aliphatic rings. The van der Waals surface area contributed by atoms with Crippen molar-refractivity contribution < 1.29 is 21.6 Å². The Bertz CT molecular complexity index is 1690. The van der Waals surface area contributed by atoms with Crippen LogP contribution in [-0.2, 0) is 20.0 Å². The highest BCUT2D eigenvalue weighted by atomic mass is 35.5. The van der Waals surface area contributed by atoms with E-state index in [4.69, 9.17) is 11.6 Å². The lowest BCUT2D eigenvalue weighted by molar-refractivity contribution is 0.102. The van der Waals surface area contributed by atoms with Crippen LogP contribution in [0.1, 0.15) is 21.5 Å². The van der Waals surface area contributed by atoms with Crippen molar-refractivity contribution in [3.8, 4) is 0 Å². The number of para-hydroxylation sites is 1. The molecule has 0 unspecified atom stereocenters. The quantitative estimate of drug-likeness (QED) is 0.247. The molecule has 0 aromatic heterocycles. The van der Waals surface area contributed by atoms with Crippen molar-refractivity contribution in [2.45, 2.75) is 23.6 Å². The second-order valence-corrected chi connectivity index (χ2v) is 12.3. The summed E-state index contributed by atoms with van der Waals surface area (Å²) in [5.74, 6) is -0.595. The standard InChI is InChI=1S/C27H24ClN3O5S2/c1-18-14-19(2)16-23(15-18)31-38(35,36)26-17-20(8-13-25(26)28)27(32)29-21-9-11-24(12-10-21)37(33,34)30-22-6-4-3-5-7-22/h3-17,30-31H,1-2H3,(H,29,32). The molecule has 4 aromatic carbocycles. The van der Waals surface area contributed by atoms with E-state index in [1.807, 2.05) is 19.9 Å². The zero-order valence-electron chi connectivity index (χ0n) is 20.4. The van der Waals surface area contributed by atoms with Crippen LogP contribution in [0.25, 0.3) is 0 Å². The zero-order chi connectivity index (χ0) is 27.5. The highest BCUT2D eigenvalue weighted by molar-refractivity contribution is 7.93. The lowest BCUT2D eigenvalue weighted by Gasteiger charge is -2.13. The number of benzene rings is 4. The molecule has 3 N–H and O–H groups in total. The zero-order valence-corrected chi connectivity index (χ0v) is 22.8. The van der Waals surface area contributed by atoms with Gasteiger partial charge in [-0.25, -0.2) is 16.8 Å². The normalized spacial score (nSPS) is 11.6. The van der Waals surface area contributed by atoms with Gasteiger partial charge in [0, 0.05) is 22.6 Å². The molecule has 38 heavy (non-hydrogen) atoms. The third-order valence-corrected chi connectivity index (χ3v) is 8.67. The van der Waals surface area contributed by atoms with Gasteiger partial charge < -0.3 is 5.32 Å². The molecule has 0 radical (unpaired) electrons. The minimum atomic E-state index is -4.09. The van der Waals surface area contributed by atoms with Crippen molar-refractivity contribution in [2.75, 3.05) is 14.8 Å².